The molecule has 2 aromatic carbocycles. The summed E-state index contributed by atoms with van der Waals surface area (Å²) in [5.74, 6) is 1.45. The fraction of sp³-hybridized carbons (Fsp3) is 0.227. The van der Waals surface area contributed by atoms with E-state index in [1.807, 2.05) is 0 Å². The summed E-state index contributed by atoms with van der Waals surface area (Å²) in [6.45, 7) is -0.352. The van der Waals surface area contributed by atoms with E-state index >= 15 is 0 Å². The van der Waals surface area contributed by atoms with Gasteiger partial charge in [-0.3, -0.25) is 14.9 Å². The molecule has 3 N–H and O–H groups in total. The number of nitro benzene ring substituents is 1. The van der Waals surface area contributed by atoms with Gasteiger partial charge in [-0.2, -0.15) is 0 Å². The molecule has 1 amide bonds. The Bertz CT molecular complexity index is 1140. The number of ether oxygens (including phenoxy) is 3. The summed E-state index contributed by atoms with van der Waals surface area (Å²) in [4.78, 5) is 22.7. The maximum Gasteiger partial charge on any atom is 0.287 e. The van der Waals surface area contributed by atoms with E-state index in [-0.39, 0.29) is 24.8 Å². The van der Waals surface area contributed by atoms with Crippen LogP contribution in [0, 0.1) is 10.1 Å². The molecule has 0 saturated carbocycles. The number of aliphatic hydroxyl groups is 2. The fourth-order valence-electron chi connectivity index (χ4n) is 3.19. The van der Waals surface area contributed by atoms with Gasteiger partial charge in [0.05, 0.1) is 17.6 Å². The molecule has 172 valence electrons. The van der Waals surface area contributed by atoms with Gasteiger partial charge in [0.15, 0.2) is 17.3 Å². The van der Waals surface area contributed by atoms with E-state index in [1.54, 1.807) is 24.3 Å². The summed E-state index contributed by atoms with van der Waals surface area (Å²) in [5, 5.41) is 33.4. The van der Waals surface area contributed by atoms with E-state index in [0.29, 0.717) is 28.6 Å². The lowest BCUT2D eigenvalue weighted by atomic mass is 10.0. The summed E-state index contributed by atoms with van der Waals surface area (Å²) < 4.78 is 21.7. The van der Waals surface area contributed by atoms with Crippen molar-refractivity contribution in [3.63, 3.8) is 0 Å². The zero-order chi connectivity index (χ0) is 23.4. The van der Waals surface area contributed by atoms with Crippen LogP contribution in [0.3, 0.4) is 0 Å². The van der Waals surface area contributed by atoms with Crippen LogP contribution in [0.4, 0.5) is 5.69 Å². The van der Waals surface area contributed by atoms with E-state index in [2.05, 4.69) is 5.32 Å². The monoisotopic (exact) mass is 456 g/mol. The van der Waals surface area contributed by atoms with Gasteiger partial charge in [0, 0.05) is 18.2 Å². The first-order valence-electron chi connectivity index (χ1n) is 9.90. The third-order valence-electron chi connectivity index (χ3n) is 4.95. The van der Waals surface area contributed by atoms with Crippen LogP contribution in [0.2, 0.25) is 0 Å². The molecule has 0 fully saturated rings. The number of furan rings is 1. The Hall–Kier alpha value is -4.09. The van der Waals surface area contributed by atoms with E-state index in [4.69, 9.17) is 18.6 Å². The first-order valence-corrected chi connectivity index (χ1v) is 9.90. The van der Waals surface area contributed by atoms with Crippen LogP contribution in [0.25, 0.3) is 0 Å². The molecule has 1 aliphatic rings. The number of nitrogens with zero attached hydrogens (tertiary/aromatic N) is 1. The quantitative estimate of drug-likeness (QED) is 0.325. The highest BCUT2D eigenvalue weighted by atomic mass is 16.7. The van der Waals surface area contributed by atoms with Gasteiger partial charge in [0.1, 0.15) is 24.2 Å². The molecule has 2 unspecified atom stereocenters. The molecule has 2 heterocycles. The number of hydrogen-bond donors (Lipinski definition) is 3. The van der Waals surface area contributed by atoms with E-state index in [1.165, 1.54) is 30.3 Å². The molecule has 11 heteroatoms. The van der Waals surface area contributed by atoms with E-state index < -0.39 is 29.6 Å². The van der Waals surface area contributed by atoms with Gasteiger partial charge in [-0.1, -0.05) is 0 Å². The number of aliphatic hydroxyl groups excluding tert-OH is 2. The smallest absolute Gasteiger partial charge is 0.287 e. The molecule has 4 rings (SSSR count). The second-order valence-electron chi connectivity index (χ2n) is 7.13. The van der Waals surface area contributed by atoms with Crippen LogP contribution < -0.4 is 19.5 Å². The lowest BCUT2D eigenvalue weighted by Crippen LogP contribution is -2.41. The minimum absolute atomic E-state index is 0.0337. The van der Waals surface area contributed by atoms with Crippen LogP contribution in [-0.4, -0.2) is 40.5 Å². The van der Waals surface area contributed by atoms with Crippen LogP contribution >= 0.6 is 0 Å². The van der Waals surface area contributed by atoms with Crippen molar-refractivity contribution in [3.8, 4) is 17.2 Å². The molecule has 3 aromatic rings. The molecule has 1 aromatic heterocycles. The maximum absolute atomic E-state index is 12.5. The number of fused-ring (bicyclic) bond motifs is 1. The largest absolute Gasteiger partial charge is 0.486 e. The zero-order valence-electron chi connectivity index (χ0n) is 17.2. The number of nitro groups is 1. The molecule has 0 spiro atoms. The Kier molecular flexibility index (Phi) is 6.43. The Morgan fingerprint density at radius 1 is 1.12 bits per heavy atom. The standard InChI is InChI=1S/C22H20N2O9/c25-10-17(21(26)13-1-3-14(4-2-13)24(28)29)23-22(27)19-8-6-16(33-19)11-30-15-5-7-18-20(9-15)32-12-31-18/h1-9,17,21,25-26H,10-12H2,(H,23,27). The van der Waals surface area contributed by atoms with Crippen molar-refractivity contribution in [3.05, 3.63) is 81.8 Å². The third kappa shape index (κ3) is 5.05. The van der Waals surface area contributed by atoms with Crippen molar-refractivity contribution in [2.75, 3.05) is 13.4 Å². The van der Waals surface area contributed by atoms with Gasteiger partial charge in [0.25, 0.3) is 11.6 Å². The fourth-order valence-corrected chi connectivity index (χ4v) is 3.19. The normalized spacial score (nSPS) is 13.9. The van der Waals surface area contributed by atoms with Gasteiger partial charge < -0.3 is 34.2 Å². The van der Waals surface area contributed by atoms with Gasteiger partial charge >= 0.3 is 0 Å². The molecule has 33 heavy (non-hydrogen) atoms. The molecular weight excluding hydrogens is 436 g/mol. The molecule has 1 aliphatic heterocycles. The minimum Gasteiger partial charge on any atom is -0.486 e. The predicted molar refractivity (Wildman–Crippen MR) is 112 cm³/mol. The lowest BCUT2D eigenvalue weighted by Gasteiger charge is -2.22. The summed E-state index contributed by atoms with van der Waals surface area (Å²) in [6, 6.07) is 12.3. The van der Waals surface area contributed by atoms with Crippen molar-refractivity contribution >= 4 is 11.6 Å². The number of nitrogens with one attached hydrogen (secondary N) is 1. The molecule has 11 nitrogen and oxygen atoms in total. The second-order valence-corrected chi connectivity index (χ2v) is 7.13. The first kappa shape index (κ1) is 22.1. The molecular formula is C22H20N2O9. The zero-order valence-corrected chi connectivity index (χ0v) is 17.2. The van der Waals surface area contributed by atoms with E-state index in [9.17, 15) is 25.1 Å². The summed E-state index contributed by atoms with van der Waals surface area (Å²) in [7, 11) is 0. The summed E-state index contributed by atoms with van der Waals surface area (Å²) >= 11 is 0. The predicted octanol–water partition coefficient (Wildman–Crippen LogP) is 2.32. The van der Waals surface area contributed by atoms with Crippen molar-refractivity contribution < 1.29 is 38.6 Å². The highest BCUT2D eigenvalue weighted by molar-refractivity contribution is 5.91. The number of carbonyl (C=O) groups is 1. The van der Waals surface area contributed by atoms with Crippen molar-refractivity contribution in [2.45, 2.75) is 18.8 Å². The number of non-ortho nitro benzene ring substituents is 1. The maximum atomic E-state index is 12.5. The van der Waals surface area contributed by atoms with Gasteiger partial charge in [-0.15, -0.1) is 0 Å². The number of benzene rings is 2. The third-order valence-corrected chi connectivity index (χ3v) is 4.95. The van der Waals surface area contributed by atoms with Crippen LogP contribution in [-0.2, 0) is 6.61 Å². The number of hydrogen-bond acceptors (Lipinski definition) is 9. The van der Waals surface area contributed by atoms with Crippen molar-refractivity contribution in [2.24, 2.45) is 0 Å². The van der Waals surface area contributed by atoms with Crippen molar-refractivity contribution in [1.29, 1.82) is 0 Å². The Labute approximate surface area is 187 Å². The molecule has 0 bridgehead atoms. The Morgan fingerprint density at radius 3 is 2.61 bits per heavy atom. The molecule has 0 aliphatic carbocycles. The molecule has 0 saturated heterocycles. The number of amides is 1. The number of rotatable bonds is 9. The van der Waals surface area contributed by atoms with Gasteiger partial charge in [-0.05, 0) is 42.0 Å². The highest BCUT2D eigenvalue weighted by Crippen LogP contribution is 2.35. The molecule has 0 radical (unpaired) electrons. The topological polar surface area (TPSA) is 154 Å². The van der Waals surface area contributed by atoms with Crippen LogP contribution in [0.15, 0.2) is 59.0 Å². The van der Waals surface area contributed by atoms with E-state index in [0.717, 1.165) is 0 Å². The number of carbonyl (C=O) groups excluding carboxylic acids is 1. The average molecular weight is 456 g/mol. The highest BCUT2D eigenvalue weighted by Gasteiger charge is 2.25. The first-order chi connectivity index (χ1) is 15.9. The molecule has 2 atom stereocenters. The van der Waals surface area contributed by atoms with Gasteiger partial charge in [-0.25, -0.2) is 0 Å². The Morgan fingerprint density at radius 2 is 1.88 bits per heavy atom. The second kappa shape index (κ2) is 9.59. The SMILES string of the molecule is O=C(NC(CO)C(O)c1ccc([N+](=O)[O-])cc1)c1ccc(COc2ccc3c(c2)OCO3)o1. The van der Waals surface area contributed by atoms with Crippen LogP contribution in [0.1, 0.15) is 28.0 Å². The van der Waals surface area contributed by atoms with Crippen molar-refractivity contribution in [1.82, 2.24) is 5.32 Å². The Balaban J connectivity index is 1.35. The average Bonchev–Trinajstić information content (AvgIpc) is 3.50. The van der Waals surface area contributed by atoms with Gasteiger partial charge in [0.2, 0.25) is 6.79 Å². The summed E-state index contributed by atoms with van der Waals surface area (Å²) in [5.41, 5.74) is 0.166. The minimum atomic E-state index is -1.29. The lowest BCUT2D eigenvalue weighted by molar-refractivity contribution is -0.384. The summed E-state index contributed by atoms with van der Waals surface area (Å²) in [6.07, 6.45) is -1.29. The van der Waals surface area contributed by atoms with Crippen LogP contribution in [0.5, 0.6) is 17.2 Å².